The van der Waals surface area contributed by atoms with Gasteiger partial charge in [0, 0.05) is 39.0 Å². The highest BCUT2D eigenvalue weighted by Crippen LogP contribution is 2.40. The molecule has 11 aromatic rings. The average molecular weight is 862 g/mol. The van der Waals surface area contributed by atoms with Crippen molar-refractivity contribution in [3.63, 3.8) is 0 Å². The maximum Gasteiger partial charge on any atom is 0.160 e. The van der Waals surface area contributed by atoms with Crippen LogP contribution in [0.1, 0.15) is 36.0 Å². The number of aromatic nitrogens is 4. The van der Waals surface area contributed by atoms with Crippen molar-refractivity contribution in [2.45, 2.75) is 26.2 Å². The summed E-state index contributed by atoms with van der Waals surface area (Å²) in [6, 6.07) is 80.9. The molecule has 0 saturated heterocycles. The third-order valence-corrected chi connectivity index (χ3v) is 12.7. The van der Waals surface area contributed by atoms with Crippen LogP contribution in [0.3, 0.4) is 0 Å². The highest BCUT2D eigenvalue weighted by Gasteiger charge is 2.20. The van der Waals surface area contributed by atoms with Crippen LogP contribution in [0.4, 0.5) is 5.69 Å². The topological polar surface area (TPSA) is 56.0 Å². The minimum atomic E-state index is 0.206. The first-order chi connectivity index (χ1) is 33.0. The van der Waals surface area contributed by atoms with Gasteiger partial charge < -0.3 is 0 Å². The second-order valence-electron chi connectivity index (χ2n) is 17.2. The van der Waals surface area contributed by atoms with Crippen molar-refractivity contribution in [2.24, 2.45) is 4.99 Å². The van der Waals surface area contributed by atoms with Gasteiger partial charge >= 0.3 is 0 Å². The van der Waals surface area contributed by atoms with E-state index < -0.39 is 0 Å². The summed E-state index contributed by atoms with van der Waals surface area (Å²) in [5.74, 6) is 1.76. The lowest BCUT2D eigenvalue weighted by molar-refractivity contribution is 0.805. The van der Waals surface area contributed by atoms with E-state index >= 15 is 0 Å². The molecule has 9 aromatic carbocycles. The van der Waals surface area contributed by atoms with Crippen LogP contribution < -0.4 is 0 Å². The molecule has 0 radical (unpaired) electrons. The molecule has 1 atom stereocenters. The lowest BCUT2D eigenvalue weighted by Crippen LogP contribution is -2.07. The second kappa shape index (κ2) is 18.1. The summed E-state index contributed by atoms with van der Waals surface area (Å²) >= 11 is 0. The maximum absolute atomic E-state index is 5.49. The van der Waals surface area contributed by atoms with E-state index in [-0.39, 0.29) is 5.92 Å². The second-order valence-corrected chi connectivity index (χ2v) is 17.2. The zero-order chi connectivity index (χ0) is 45.1. The maximum atomic E-state index is 5.49. The van der Waals surface area contributed by atoms with E-state index in [2.05, 4.69) is 237 Å². The molecule has 11 rings (SSSR count). The molecule has 0 spiro atoms. The van der Waals surface area contributed by atoms with Gasteiger partial charge in [-0.25, -0.2) is 15.0 Å². The summed E-state index contributed by atoms with van der Waals surface area (Å²) in [5.41, 5.74) is 17.8. The van der Waals surface area contributed by atoms with Crippen LogP contribution in [0, 0.1) is 6.92 Å². The van der Waals surface area contributed by atoms with Gasteiger partial charge in [-0.2, -0.15) is 0 Å². The van der Waals surface area contributed by atoms with Crippen LogP contribution in [-0.4, -0.2) is 25.2 Å². The van der Waals surface area contributed by atoms with E-state index in [4.69, 9.17) is 19.9 Å². The van der Waals surface area contributed by atoms with Crippen LogP contribution >= 0.6 is 0 Å². The number of benzene rings is 9. The molecule has 0 aliphatic rings. The first-order valence-electron chi connectivity index (χ1n) is 22.9. The summed E-state index contributed by atoms with van der Waals surface area (Å²) in [5, 5.41) is 0.996. The van der Waals surface area contributed by atoms with Gasteiger partial charge in [-0.1, -0.05) is 183 Å². The number of rotatable bonds is 11. The monoisotopic (exact) mass is 861 g/mol. The normalized spacial score (nSPS) is 12.1. The summed E-state index contributed by atoms with van der Waals surface area (Å²) in [6.07, 6.45) is 0.789. The van der Waals surface area contributed by atoms with Gasteiger partial charge in [0.1, 0.15) is 5.82 Å². The van der Waals surface area contributed by atoms with Crippen LogP contribution in [0.5, 0.6) is 0 Å². The van der Waals surface area contributed by atoms with E-state index in [1.807, 2.05) is 12.1 Å². The molecule has 0 bridgehead atoms. The predicted molar refractivity (Wildman–Crippen MR) is 278 cm³/mol. The number of imidazole rings is 1. The van der Waals surface area contributed by atoms with Crippen molar-refractivity contribution < 1.29 is 0 Å². The van der Waals surface area contributed by atoms with Crippen LogP contribution in [-0.2, 0) is 0 Å². The molecule has 2 aromatic heterocycles. The first-order valence-corrected chi connectivity index (χ1v) is 22.9. The standard InChI is InChI=1S/C62H47N5/c1-42-19-15-16-28-55(42)63-57(47-24-11-5-12-25-47)39-43(2)44-31-33-48(34-32-44)59-54-41-51(45-20-7-3-8-21-45)40-53(46-22-9-4-10-23-46)60(54)66-61(65-59)49-35-37-52(38-36-49)67-58-30-18-17-29-56(58)64-62(67)50-26-13-6-14-27-50/h3-38,40-41,43H,39H2,1-2H3. The van der Waals surface area contributed by atoms with Crippen molar-refractivity contribution in [3.05, 3.63) is 247 Å². The van der Waals surface area contributed by atoms with Gasteiger partial charge in [-0.3, -0.25) is 9.56 Å². The lowest BCUT2D eigenvalue weighted by Gasteiger charge is -2.17. The third kappa shape index (κ3) is 8.35. The van der Waals surface area contributed by atoms with E-state index in [9.17, 15) is 0 Å². The van der Waals surface area contributed by atoms with Gasteiger partial charge in [0.25, 0.3) is 0 Å². The van der Waals surface area contributed by atoms with Crippen molar-refractivity contribution in [3.8, 4) is 62.0 Å². The van der Waals surface area contributed by atoms with Gasteiger partial charge in [0.2, 0.25) is 0 Å². The van der Waals surface area contributed by atoms with E-state index in [0.717, 1.165) is 107 Å². The Balaban J connectivity index is 1.03. The van der Waals surface area contributed by atoms with E-state index in [1.165, 1.54) is 5.56 Å². The number of aliphatic imine (C=N–C) groups is 1. The van der Waals surface area contributed by atoms with Crippen molar-refractivity contribution in [2.75, 3.05) is 0 Å². The Hall–Kier alpha value is -8.54. The molecule has 5 nitrogen and oxygen atoms in total. The fraction of sp³-hybridized carbons (Fsp3) is 0.0645. The molecule has 0 aliphatic carbocycles. The Labute approximate surface area is 391 Å². The van der Waals surface area contributed by atoms with Crippen molar-refractivity contribution in [1.82, 2.24) is 19.5 Å². The number of hydrogen-bond acceptors (Lipinski definition) is 4. The molecular formula is C62H47N5. The van der Waals surface area contributed by atoms with Gasteiger partial charge in [-0.15, -0.1) is 0 Å². The molecule has 0 fully saturated rings. The molecule has 320 valence electrons. The average Bonchev–Trinajstić information content (AvgIpc) is 3.79. The summed E-state index contributed by atoms with van der Waals surface area (Å²) in [4.78, 5) is 21.3. The molecule has 1 unspecified atom stereocenters. The lowest BCUT2D eigenvalue weighted by atomic mass is 9.90. The minimum Gasteiger partial charge on any atom is -0.292 e. The zero-order valence-electron chi connectivity index (χ0n) is 37.5. The van der Waals surface area contributed by atoms with Gasteiger partial charge in [-0.05, 0) is 107 Å². The van der Waals surface area contributed by atoms with E-state index in [0.29, 0.717) is 5.82 Å². The Morgan fingerprint density at radius 3 is 1.81 bits per heavy atom. The Kier molecular flexibility index (Phi) is 11.2. The molecular weight excluding hydrogens is 815 g/mol. The molecule has 0 N–H and O–H groups in total. The highest BCUT2D eigenvalue weighted by atomic mass is 15.1. The summed E-state index contributed by atoms with van der Waals surface area (Å²) in [6.45, 7) is 4.41. The predicted octanol–water partition coefficient (Wildman–Crippen LogP) is 15.9. The molecule has 0 amide bonds. The molecule has 5 heteroatoms. The van der Waals surface area contributed by atoms with Crippen LogP contribution in [0.25, 0.3) is 83.9 Å². The number of hydrogen-bond donors (Lipinski definition) is 0. The van der Waals surface area contributed by atoms with Gasteiger partial charge in [0.05, 0.1) is 27.9 Å². The number of nitrogens with zero attached hydrogens (tertiary/aromatic N) is 5. The SMILES string of the molecule is Cc1ccccc1N=C(CC(C)c1ccc(-c2nc(-c3ccc(-n4c(-c5ccccc5)nc5ccccc54)cc3)nc3c(-c4ccccc4)cc(-c4ccccc4)cc23)cc1)c1ccccc1. The Morgan fingerprint density at radius 1 is 0.507 bits per heavy atom. The molecule has 0 aliphatic heterocycles. The number of para-hydroxylation sites is 3. The molecule has 0 saturated carbocycles. The Bertz CT molecular complexity index is 3530. The van der Waals surface area contributed by atoms with Crippen LogP contribution in [0.2, 0.25) is 0 Å². The summed E-state index contributed by atoms with van der Waals surface area (Å²) < 4.78 is 2.24. The largest absolute Gasteiger partial charge is 0.292 e. The van der Waals surface area contributed by atoms with Gasteiger partial charge in [0.15, 0.2) is 5.82 Å². The van der Waals surface area contributed by atoms with Crippen molar-refractivity contribution >= 4 is 33.3 Å². The number of aryl methyl sites for hydroxylation is 1. The Morgan fingerprint density at radius 2 is 1.10 bits per heavy atom. The fourth-order valence-corrected chi connectivity index (χ4v) is 9.11. The first kappa shape index (κ1) is 41.2. The quantitative estimate of drug-likeness (QED) is 0.122. The highest BCUT2D eigenvalue weighted by molar-refractivity contribution is 6.05. The molecule has 67 heavy (non-hydrogen) atoms. The van der Waals surface area contributed by atoms with E-state index in [1.54, 1.807) is 0 Å². The third-order valence-electron chi connectivity index (χ3n) is 12.7. The smallest absolute Gasteiger partial charge is 0.160 e. The fourth-order valence-electron chi connectivity index (χ4n) is 9.11. The summed E-state index contributed by atoms with van der Waals surface area (Å²) in [7, 11) is 0. The minimum absolute atomic E-state index is 0.206. The van der Waals surface area contributed by atoms with Crippen LogP contribution in [0.15, 0.2) is 236 Å². The zero-order valence-corrected chi connectivity index (χ0v) is 37.5. The van der Waals surface area contributed by atoms with Crippen molar-refractivity contribution in [1.29, 1.82) is 0 Å². The molecule has 2 heterocycles. The number of fused-ring (bicyclic) bond motifs is 2.